The van der Waals surface area contributed by atoms with Gasteiger partial charge in [-0.1, -0.05) is 30.4 Å². The van der Waals surface area contributed by atoms with Crippen LogP contribution < -0.4 is 0 Å². The van der Waals surface area contributed by atoms with Crippen LogP contribution in [0.4, 0.5) is 0 Å². The lowest BCUT2D eigenvalue weighted by molar-refractivity contribution is 0.616. The summed E-state index contributed by atoms with van der Waals surface area (Å²) < 4.78 is 0. The van der Waals surface area contributed by atoms with Crippen molar-refractivity contribution in [2.75, 3.05) is 0 Å². The Kier molecular flexibility index (Phi) is 2.86. The molecular formula is C12H20. The molecule has 0 spiro atoms. The third-order valence-corrected chi connectivity index (χ3v) is 3.41. The summed E-state index contributed by atoms with van der Waals surface area (Å²) in [6.45, 7) is 0. The Labute approximate surface area is 76.1 Å². The average Bonchev–Trinajstić information content (AvgIpc) is 2.50. The van der Waals surface area contributed by atoms with E-state index >= 15 is 0 Å². The molecule has 0 aromatic rings. The minimum Gasteiger partial charge on any atom is -0.0710 e. The van der Waals surface area contributed by atoms with Gasteiger partial charge in [-0.3, -0.25) is 0 Å². The summed E-state index contributed by atoms with van der Waals surface area (Å²) in [5.74, 6) is 0. The number of allylic oxidation sites excluding steroid dienone is 2. The second kappa shape index (κ2) is 4.11. The molecule has 0 heteroatoms. The van der Waals surface area contributed by atoms with Crippen LogP contribution in [0.3, 0.4) is 0 Å². The smallest absolute Gasteiger partial charge is 0.0315 e. The maximum Gasteiger partial charge on any atom is -0.0315 e. The van der Waals surface area contributed by atoms with Crippen molar-refractivity contribution in [3.63, 3.8) is 0 Å². The lowest BCUT2D eigenvalue weighted by atomic mass is 10.0. The van der Waals surface area contributed by atoms with Gasteiger partial charge in [-0.05, 0) is 44.9 Å². The van der Waals surface area contributed by atoms with Gasteiger partial charge in [0.05, 0.1) is 0 Å². The Bertz CT molecular complexity index is 158. The predicted octanol–water partition coefficient (Wildman–Crippen LogP) is 4.21. The normalized spacial score (nSPS) is 26.0. The van der Waals surface area contributed by atoms with E-state index in [1.807, 2.05) is 11.1 Å². The van der Waals surface area contributed by atoms with Crippen molar-refractivity contribution in [3.8, 4) is 0 Å². The van der Waals surface area contributed by atoms with Crippen molar-refractivity contribution in [2.45, 2.75) is 64.2 Å². The number of hydrogen-bond acceptors (Lipinski definition) is 0. The zero-order chi connectivity index (χ0) is 8.23. The minimum absolute atomic E-state index is 1.44. The molecule has 0 aromatic heterocycles. The van der Waals surface area contributed by atoms with Crippen molar-refractivity contribution < 1.29 is 0 Å². The second-order valence-corrected chi connectivity index (χ2v) is 4.33. The SMILES string of the molecule is C1CCCC2=C(CCC1)CCC2. The lowest BCUT2D eigenvalue weighted by Gasteiger charge is -2.03. The first-order valence-electron chi connectivity index (χ1n) is 5.66. The van der Waals surface area contributed by atoms with E-state index < -0.39 is 0 Å². The number of hydrogen-bond donors (Lipinski definition) is 0. The first-order chi connectivity index (χ1) is 5.97. The van der Waals surface area contributed by atoms with E-state index in [-0.39, 0.29) is 0 Å². The summed E-state index contributed by atoms with van der Waals surface area (Å²) in [5.41, 5.74) is 3.72. The van der Waals surface area contributed by atoms with Crippen LogP contribution in [0.5, 0.6) is 0 Å². The largest absolute Gasteiger partial charge is 0.0710 e. The molecule has 0 heterocycles. The molecule has 0 fully saturated rings. The van der Waals surface area contributed by atoms with E-state index in [1.54, 1.807) is 0 Å². The molecule has 0 nitrogen and oxygen atoms in total. The van der Waals surface area contributed by atoms with Crippen LogP contribution in [0.25, 0.3) is 0 Å². The predicted molar refractivity (Wildman–Crippen MR) is 53.2 cm³/mol. The van der Waals surface area contributed by atoms with Crippen molar-refractivity contribution in [1.29, 1.82) is 0 Å². The summed E-state index contributed by atoms with van der Waals surface area (Å²) in [4.78, 5) is 0. The zero-order valence-corrected chi connectivity index (χ0v) is 8.07. The first-order valence-corrected chi connectivity index (χ1v) is 5.66. The van der Waals surface area contributed by atoms with Crippen LogP contribution in [0, 0.1) is 0 Å². The van der Waals surface area contributed by atoms with Gasteiger partial charge in [0.2, 0.25) is 0 Å². The highest BCUT2D eigenvalue weighted by atomic mass is 14.2. The minimum atomic E-state index is 1.44. The highest BCUT2D eigenvalue weighted by molar-refractivity contribution is 5.19. The summed E-state index contributed by atoms with van der Waals surface area (Å²) in [7, 11) is 0. The molecule has 2 rings (SSSR count). The quantitative estimate of drug-likeness (QED) is 0.470. The van der Waals surface area contributed by atoms with E-state index in [4.69, 9.17) is 0 Å². The molecule has 0 bridgehead atoms. The van der Waals surface area contributed by atoms with E-state index in [0.29, 0.717) is 0 Å². The number of rotatable bonds is 0. The first kappa shape index (κ1) is 8.34. The van der Waals surface area contributed by atoms with Gasteiger partial charge in [-0.15, -0.1) is 0 Å². The molecule has 0 atom stereocenters. The van der Waals surface area contributed by atoms with Crippen molar-refractivity contribution in [1.82, 2.24) is 0 Å². The fourth-order valence-corrected chi connectivity index (χ4v) is 2.68. The average molecular weight is 164 g/mol. The molecule has 0 N–H and O–H groups in total. The molecule has 0 saturated heterocycles. The summed E-state index contributed by atoms with van der Waals surface area (Å²) in [6, 6.07) is 0. The topological polar surface area (TPSA) is 0 Å². The standard InChI is InChI=1S/C12H20/c1-2-4-7-11-9-6-10-12(11)8-5-3-1/h1-10H2. The molecule has 0 aromatic carbocycles. The molecule has 68 valence electrons. The highest BCUT2D eigenvalue weighted by Crippen LogP contribution is 2.34. The maximum atomic E-state index is 1.86. The molecule has 2 aliphatic rings. The second-order valence-electron chi connectivity index (χ2n) is 4.33. The summed E-state index contributed by atoms with van der Waals surface area (Å²) in [5, 5.41) is 0. The molecule has 0 unspecified atom stereocenters. The van der Waals surface area contributed by atoms with E-state index in [0.717, 1.165) is 0 Å². The molecule has 0 aliphatic heterocycles. The third kappa shape index (κ3) is 1.91. The van der Waals surface area contributed by atoms with Gasteiger partial charge in [0, 0.05) is 0 Å². The Hall–Kier alpha value is -0.260. The molecule has 2 aliphatic carbocycles. The van der Waals surface area contributed by atoms with E-state index in [9.17, 15) is 0 Å². The van der Waals surface area contributed by atoms with Gasteiger partial charge in [0.25, 0.3) is 0 Å². The lowest BCUT2D eigenvalue weighted by Crippen LogP contribution is -1.83. The maximum absolute atomic E-state index is 1.86. The van der Waals surface area contributed by atoms with Gasteiger partial charge in [0.1, 0.15) is 0 Å². The monoisotopic (exact) mass is 164 g/mol. The van der Waals surface area contributed by atoms with Crippen LogP contribution in [0.15, 0.2) is 11.1 Å². The Morgan fingerprint density at radius 1 is 0.417 bits per heavy atom. The fraction of sp³-hybridized carbons (Fsp3) is 0.833. The van der Waals surface area contributed by atoms with Gasteiger partial charge in [-0.25, -0.2) is 0 Å². The summed E-state index contributed by atoms with van der Waals surface area (Å²) >= 11 is 0. The van der Waals surface area contributed by atoms with Gasteiger partial charge in [0.15, 0.2) is 0 Å². The van der Waals surface area contributed by atoms with Crippen LogP contribution >= 0.6 is 0 Å². The van der Waals surface area contributed by atoms with Gasteiger partial charge < -0.3 is 0 Å². The van der Waals surface area contributed by atoms with Gasteiger partial charge >= 0.3 is 0 Å². The van der Waals surface area contributed by atoms with Crippen LogP contribution in [-0.2, 0) is 0 Å². The van der Waals surface area contributed by atoms with Crippen molar-refractivity contribution in [2.24, 2.45) is 0 Å². The molecular weight excluding hydrogens is 144 g/mol. The van der Waals surface area contributed by atoms with E-state index in [1.165, 1.54) is 64.2 Å². The van der Waals surface area contributed by atoms with Crippen molar-refractivity contribution in [3.05, 3.63) is 11.1 Å². The summed E-state index contributed by atoms with van der Waals surface area (Å²) in [6.07, 6.45) is 14.6. The molecule has 12 heavy (non-hydrogen) atoms. The molecule has 0 radical (unpaired) electrons. The zero-order valence-electron chi connectivity index (χ0n) is 8.07. The Balaban J connectivity index is 1.99. The van der Waals surface area contributed by atoms with Gasteiger partial charge in [-0.2, -0.15) is 0 Å². The van der Waals surface area contributed by atoms with E-state index in [2.05, 4.69) is 0 Å². The highest BCUT2D eigenvalue weighted by Gasteiger charge is 2.14. The Morgan fingerprint density at radius 2 is 0.833 bits per heavy atom. The Morgan fingerprint density at radius 3 is 1.42 bits per heavy atom. The molecule has 0 amide bonds. The molecule has 0 saturated carbocycles. The van der Waals surface area contributed by atoms with Crippen LogP contribution in [-0.4, -0.2) is 0 Å². The van der Waals surface area contributed by atoms with Crippen molar-refractivity contribution >= 4 is 0 Å². The van der Waals surface area contributed by atoms with Crippen LogP contribution in [0.2, 0.25) is 0 Å². The van der Waals surface area contributed by atoms with Crippen LogP contribution in [0.1, 0.15) is 64.2 Å². The third-order valence-electron chi connectivity index (χ3n) is 3.41. The fourth-order valence-electron chi connectivity index (χ4n) is 2.68.